The zero-order valence-electron chi connectivity index (χ0n) is 10.3. The summed E-state index contributed by atoms with van der Waals surface area (Å²) in [6, 6.07) is 9.88. The fourth-order valence-electron chi connectivity index (χ4n) is 2.85. The summed E-state index contributed by atoms with van der Waals surface area (Å²) in [5, 5.41) is 3.59. The highest BCUT2D eigenvalue weighted by atomic mass is 15.2. The third-order valence-corrected chi connectivity index (χ3v) is 4.46. The van der Waals surface area contributed by atoms with Crippen LogP contribution < -0.4 is 10.2 Å². The number of anilines is 1. The molecule has 2 aliphatic carbocycles. The number of rotatable bonds is 4. The van der Waals surface area contributed by atoms with E-state index in [9.17, 15) is 0 Å². The molecule has 3 fully saturated rings. The Morgan fingerprint density at radius 3 is 2.76 bits per heavy atom. The maximum atomic E-state index is 3.59. The van der Waals surface area contributed by atoms with Gasteiger partial charge in [0.25, 0.3) is 0 Å². The highest BCUT2D eigenvalue weighted by Crippen LogP contribution is 2.53. The highest BCUT2D eigenvalue weighted by Gasteiger charge is 2.52. The number of nitrogens with zero attached hydrogens (tertiary/aromatic N) is 1. The Morgan fingerprint density at radius 2 is 2.06 bits per heavy atom. The van der Waals surface area contributed by atoms with Crippen LogP contribution in [0.5, 0.6) is 0 Å². The maximum Gasteiger partial charge on any atom is 0.0369 e. The number of nitrogens with one attached hydrogen (secondary N) is 1. The molecule has 0 aromatic heterocycles. The predicted molar refractivity (Wildman–Crippen MR) is 70.2 cm³/mol. The molecule has 0 radical (unpaired) electrons. The predicted octanol–water partition coefficient (Wildman–Crippen LogP) is 2.54. The van der Waals surface area contributed by atoms with Crippen molar-refractivity contribution < 1.29 is 0 Å². The average molecular weight is 228 g/mol. The van der Waals surface area contributed by atoms with Gasteiger partial charge in [-0.15, -0.1) is 0 Å². The fraction of sp³-hybridized carbons (Fsp3) is 0.600. The van der Waals surface area contributed by atoms with Gasteiger partial charge in [0, 0.05) is 36.8 Å². The van der Waals surface area contributed by atoms with Gasteiger partial charge in [0.15, 0.2) is 0 Å². The van der Waals surface area contributed by atoms with Crippen LogP contribution >= 0.6 is 0 Å². The highest BCUT2D eigenvalue weighted by molar-refractivity contribution is 5.52. The van der Waals surface area contributed by atoms with E-state index in [1.165, 1.54) is 50.0 Å². The first-order valence-corrected chi connectivity index (χ1v) is 6.90. The Hall–Kier alpha value is -1.02. The molecule has 3 aliphatic rings. The Morgan fingerprint density at radius 1 is 1.24 bits per heavy atom. The van der Waals surface area contributed by atoms with E-state index in [4.69, 9.17) is 0 Å². The molecule has 2 saturated carbocycles. The van der Waals surface area contributed by atoms with Crippen LogP contribution in [-0.2, 0) is 6.54 Å². The van der Waals surface area contributed by atoms with Crippen molar-refractivity contribution >= 4 is 5.69 Å². The van der Waals surface area contributed by atoms with Crippen LogP contribution in [0.2, 0.25) is 0 Å². The quantitative estimate of drug-likeness (QED) is 0.852. The number of hydrogen-bond donors (Lipinski definition) is 1. The molecule has 4 rings (SSSR count). The first-order valence-electron chi connectivity index (χ1n) is 6.90. The lowest BCUT2D eigenvalue weighted by Gasteiger charge is -2.42. The Bertz CT molecular complexity index is 424. The minimum Gasteiger partial charge on any atom is -0.370 e. The molecular weight excluding hydrogens is 208 g/mol. The van der Waals surface area contributed by atoms with E-state index in [2.05, 4.69) is 34.5 Å². The molecule has 1 aromatic rings. The molecular formula is C15H20N2. The first kappa shape index (κ1) is 9.95. The summed E-state index contributed by atoms with van der Waals surface area (Å²) >= 11 is 0. The van der Waals surface area contributed by atoms with Crippen molar-refractivity contribution in [1.29, 1.82) is 0 Å². The molecule has 1 N–H and O–H groups in total. The molecule has 1 aromatic carbocycles. The first-order chi connectivity index (χ1) is 8.33. The van der Waals surface area contributed by atoms with E-state index in [0.717, 1.165) is 18.0 Å². The normalized spacial score (nSPS) is 24.8. The molecule has 17 heavy (non-hydrogen) atoms. The summed E-state index contributed by atoms with van der Waals surface area (Å²) < 4.78 is 0. The second kappa shape index (κ2) is 3.49. The Balaban J connectivity index is 1.42. The zero-order valence-corrected chi connectivity index (χ0v) is 10.3. The maximum absolute atomic E-state index is 3.59. The topological polar surface area (TPSA) is 15.3 Å². The summed E-state index contributed by atoms with van der Waals surface area (Å²) in [6.07, 6.45) is 5.67. The van der Waals surface area contributed by atoms with Gasteiger partial charge in [-0.3, -0.25) is 0 Å². The summed E-state index contributed by atoms with van der Waals surface area (Å²) in [5.74, 6) is 0. The molecule has 90 valence electrons. The summed E-state index contributed by atoms with van der Waals surface area (Å²) in [7, 11) is 0. The second-order valence-electron chi connectivity index (χ2n) is 6.18. The third-order valence-electron chi connectivity index (χ3n) is 4.46. The zero-order chi connectivity index (χ0) is 11.3. The molecule has 2 nitrogen and oxygen atoms in total. The van der Waals surface area contributed by atoms with Gasteiger partial charge in [-0.25, -0.2) is 0 Å². The lowest BCUT2D eigenvalue weighted by Crippen LogP contribution is -2.48. The van der Waals surface area contributed by atoms with Gasteiger partial charge in [0.2, 0.25) is 0 Å². The van der Waals surface area contributed by atoms with Crippen molar-refractivity contribution in [2.75, 3.05) is 18.0 Å². The van der Waals surface area contributed by atoms with Gasteiger partial charge in [0.1, 0.15) is 0 Å². The number of benzene rings is 1. The largest absolute Gasteiger partial charge is 0.370 e. The van der Waals surface area contributed by atoms with Crippen molar-refractivity contribution in [1.82, 2.24) is 5.32 Å². The van der Waals surface area contributed by atoms with E-state index >= 15 is 0 Å². The van der Waals surface area contributed by atoms with Gasteiger partial charge in [-0.2, -0.15) is 0 Å². The minimum absolute atomic E-state index is 0.752. The van der Waals surface area contributed by atoms with Crippen molar-refractivity contribution in [2.45, 2.75) is 38.3 Å². The van der Waals surface area contributed by atoms with Crippen LogP contribution in [0.1, 0.15) is 31.2 Å². The standard InChI is InChI=1S/C15H20N2/c1-2-12(9-16-13-4-5-13)8-14(3-1)17-10-15(11-17)6-7-15/h1-3,8,13,16H,4-7,9-11H2. The Labute approximate surface area is 103 Å². The Kier molecular flexibility index (Phi) is 2.04. The molecule has 0 atom stereocenters. The van der Waals surface area contributed by atoms with Gasteiger partial charge < -0.3 is 10.2 Å². The van der Waals surface area contributed by atoms with E-state index in [0.29, 0.717) is 0 Å². The van der Waals surface area contributed by atoms with Crippen LogP contribution in [0.3, 0.4) is 0 Å². The van der Waals surface area contributed by atoms with Crippen LogP contribution in [0.25, 0.3) is 0 Å². The van der Waals surface area contributed by atoms with Crippen LogP contribution in [0.4, 0.5) is 5.69 Å². The average Bonchev–Trinajstić information content (AvgIpc) is 3.17. The van der Waals surface area contributed by atoms with Gasteiger partial charge in [0.05, 0.1) is 0 Å². The molecule has 1 aliphatic heterocycles. The van der Waals surface area contributed by atoms with Crippen LogP contribution in [-0.4, -0.2) is 19.1 Å². The lowest BCUT2D eigenvalue weighted by atomic mass is 9.96. The van der Waals surface area contributed by atoms with E-state index < -0.39 is 0 Å². The summed E-state index contributed by atoms with van der Waals surface area (Å²) in [4.78, 5) is 2.54. The smallest absolute Gasteiger partial charge is 0.0369 e. The van der Waals surface area contributed by atoms with Crippen LogP contribution in [0.15, 0.2) is 24.3 Å². The van der Waals surface area contributed by atoms with E-state index in [1.807, 2.05) is 0 Å². The van der Waals surface area contributed by atoms with E-state index in [1.54, 1.807) is 0 Å². The van der Waals surface area contributed by atoms with Crippen molar-refractivity contribution in [3.05, 3.63) is 29.8 Å². The molecule has 1 heterocycles. The van der Waals surface area contributed by atoms with Crippen LogP contribution in [0, 0.1) is 5.41 Å². The SMILES string of the molecule is c1cc(CNC2CC2)cc(N2CC3(CC3)C2)c1. The molecule has 1 saturated heterocycles. The van der Waals surface area contributed by atoms with Crippen molar-refractivity contribution in [2.24, 2.45) is 5.41 Å². The van der Waals surface area contributed by atoms with Gasteiger partial charge in [-0.05, 0) is 43.4 Å². The summed E-state index contributed by atoms with van der Waals surface area (Å²) in [6.45, 7) is 3.64. The van der Waals surface area contributed by atoms with Crippen molar-refractivity contribution in [3.8, 4) is 0 Å². The number of hydrogen-bond acceptors (Lipinski definition) is 2. The second-order valence-corrected chi connectivity index (χ2v) is 6.18. The molecule has 0 unspecified atom stereocenters. The molecule has 2 heteroatoms. The van der Waals surface area contributed by atoms with Gasteiger partial charge in [-0.1, -0.05) is 12.1 Å². The molecule has 0 amide bonds. The summed E-state index contributed by atoms with van der Waals surface area (Å²) in [5.41, 5.74) is 3.62. The lowest BCUT2D eigenvalue weighted by molar-refractivity contribution is 0.387. The van der Waals surface area contributed by atoms with E-state index in [-0.39, 0.29) is 0 Å². The minimum atomic E-state index is 0.752. The monoisotopic (exact) mass is 228 g/mol. The van der Waals surface area contributed by atoms with Gasteiger partial charge >= 0.3 is 0 Å². The molecule has 0 bridgehead atoms. The molecule has 1 spiro atoms. The third kappa shape index (κ3) is 1.95. The fourth-order valence-corrected chi connectivity index (χ4v) is 2.85. The van der Waals surface area contributed by atoms with Crippen molar-refractivity contribution in [3.63, 3.8) is 0 Å².